The number of hydrogen-bond donors (Lipinski definition) is 0. The molecule has 0 bridgehead atoms. The van der Waals surface area contributed by atoms with Crippen LogP contribution in [0.2, 0.25) is 0 Å². The van der Waals surface area contributed by atoms with Crippen molar-refractivity contribution < 1.29 is 9.53 Å². The third-order valence-corrected chi connectivity index (χ3v) is 5.84. The molecule has 0 aliphatic heterocycles. The van der Waals surface area contributed by atoms with Crippen LogP contribution in [0.25, 0.3) is 15.9 Å². The van der Waals surface area contributed by atoms with Crippen molar-refractivity contribution in [2.75, 3.05) is 6.61 Å². The van der Waals surface area contributed by atoms with E-state index in [9.17, 15) is 4.79 Å². The molecule has 4 aromatic heterocycles. The molecular formula is C17H17BrN6O2S. The minimum atomic E-state index is -0.325. The number of halogens is 1. The molecule has 0 saturated heterocycles. The van der Waals surface area contributed by atoms with Crippen molar-refractivity contribution in [2.24, 2.45) is 0 Å². The number of esters is 1. The number of fused-ring (bicyclic) bond motifs is 3. The first-order chi connectivity index (χ1) is 13.0. The van der Waals surface area contributed by atoms with Crippen molar-refractivity contribution in [3.8, 4) is 0 Å². The van der Waals surface area contributed by atoms with Gasteiger partial charge in [0.15, 0.2) is 11.5 Å². The molecule has 0 fully saturated rings. The van der Waals surface area contributed by atoms with Gasteiger partial charge in [-0.15, -0.1) is 16.4 Å². The highest BCUT2D eigenvalue weighted by Gasteiger charge is 2.22. The van der Waals surface area contributed by atoms with E-state index in [1.165, 1.54) is 11.3 Å². The molecule has 0 amide bonds. The van der Waals surface area contributed by atoms with Gasteiger partial charge in [0.05, 0.1) is 29.2 Å². The van der Waals surface area contributed by atoms with E-state index < -0.39 is 0 Å². The number of rotatable bonds is 5. The molecule has 27 heavy (non-hydrogen) atoms. The van der Waals surface area contributed by atoms with E-state index in [0.29, 0.717) is 29.5 Å². The zero-order valence-electron chi connectivity index (χ0n) is 15.0. The summed E-state index contributed by atoms with van der Waals surface area (Å²) in [6.45, 7) is 6.74. The van der Waals surface area contributed by atoms with Gasteiger partial charge in [-0.1, -0.05) is 6.92 Å². The van der Waals surface area contributed by atoms with E-state index in [4.69, 9.17) is 9.72 Å². The average molecular weight is 449 g/mol. The molecule has 0 saturated carbocycles. The molecule has 0 aliphatic carbocycles. The van der Waals surface area contributed by atoms with Gasteiger partial charge >= 0.3 is 5.97 Å². The van der Waals surface area contributed by atoms with Crippen molar-refractivity contribution in [3.63, 3.8) is 0 Å². The highest BCUT2D eigenvalue weighted by atomic mass is 79.9. The maximum Gasteiger partial charge on any atom is 0.348 e. The van der Waals surface area contributed by atoms with Crippen molar-refractivity contribution in [3.05, 3.63) is 39.5 Å². The van der Waals surface area contributed by atoms with Gasteiger partial charge in [0.25, 0.3) is 0 Å². The van der Waals surface area contributed by atoms with Gasteiger partial charge in [0, 0.05) is 12.1 Å². The highest BCUT2D eigenvalue weighted by Crippen LogP contribution is 2.32. The van der Waals surface area contributed by atoms with E-state index in [-0.39, 0.29) is 11.9 Å². The first-order valence-electron chi connectivity index (χ1n) is 8.47. The van der Waals surface area contributed by atoms with E-state index in [0.717, 1.165) is 20.3 Å². The smallest absolute Gasteiger partial charge is 0.348 e. The highest BCUT2D eigenvalue weighted by molar-refractivity contribution is 9.10. The zero-order valence-corrected chi connectivity index (χ0v) is 17.4. The molecular weight excluding hydrogens is 432 g/mol. The van der Waals surface area contributed by atoms with E-state index in [1.807, 2.05) is 17.8 Å². The maximum atomic E-state index is 12.2. The first kappa shape index (κ1) is 18.1. The minimum absolute atomic E-state index is 0.0650. The molecule has 4 aromatic rings. The summed E-state index contributed by atoms with van der Waals surface area (Å²) in [5.74, 6) is 0.447. The molecule has 4 heterocycles. The van der Waals surface area contributed by atoms with Gasteiger partial charge in [0.2, 0.25) is 0 Å². The fourth-order valence-corrected chi connectivity index (χ4v) is 4.32. The molecule has 0 aromatic carbocycles. The van der Waals surface area contributed by atoms with E-state index in [2.05, 4.69) is 38.0 Å². The molecule has 0 unspecified atom stereocenters. The quantitative estimate of drug-likeness (QED) is 0.433. The van der Waals surface area contributed by atoms with Gasteiger partial charge in [-0.3, -0.25) is 4.68 Å². The number of hydrogen-bond acceptors (Lipinski definition) is 7. The second-order valence-electron chi connectivity index (χ2n) is 6.22. The summed E-state index contributed by atoms with van der Waals surface area (Å²) in [6.07, 6.45) is 5.31. The van der Waals surface area contributed by atoms with E-state index in [1.54, 1.807) is 24.0 Å². The molecule has 140 valence electrons. The summed E-state index contributed by atoms with van der Waals surface area (Å²) < 4.78 is 9.60. The van der Waals surface area contributed by atoms with Crippen LogP contribution in [-0.2, 0) is 11.3 Å². The fourth-order valence-electron chi connectivity index (χ4n) is 2.95. The van der Waals surface area contributed by atoms with Crippen LogP contribution in [-0.4, -0.2) is 41.9 Å². The Morgan fingerprint density at radius 1 is 1.44 bits per heavy atom. The fraction of sp³-hybridized carbons (Fsp3) is 0.353. The summed E-state index contributed by atoms with van der Waals surface area (Å²) in [6, 6.07) is 0. The number of carbonyl (C=O) groups excluding carboxylic acids is 1. The third kappa shape index (κ3) is 3.23. The summed E-state index contributed by atoms with van der Waals surface area (Å²) in [5.41, 5.74) is 1.53. The summed E-state index contributed by atoms with van der Waals surface area (Å²) >= 11 is 4.73. The Balaban J connectivity index is 1.75. The molecule has 10 heteroatoms. The zero-order chi connectivity index (χ0) is 19.1. The Labute approximate surface area is 167 Å². The number of aryl methyl sites for hydroxylation is 1. The lowest BCUT2D eigenvalue weighted by molar-refractivity contribution is 0.0531. The first-order valence-corrected chi connectivity index (χ1v) is 10.1. The predicted molar refractivity (Wildman–Crippen MR) is 105 cm³/mol. The maximum absolute atomic E-state index is 12.2. The van der Waals surface area contributed by atoms with E-state index >= 15 is 0 Å². The average Bonchev–Trinajstić information content (AvgIpc) is 3.32. The molecule has 1 atom stereocenters. The SMILES string of the molecule is CCOC(=O)c1sc2ncn3nc([C@H](C)Cn4cc(Br)cn4)nc3c2c1C. The van der Waals surface area contributed by atoms with Gasteiger partial charge in [-0.25, -0.2) is 19.3 Å². The molecule has 0 spiro atoms. The van der Waals surface area contributed by atoms with Crippen LogP contribution in [0.1, 0.15) is 40.8 Å². The standard InChI is InChI=1S/C17H17BrN6O2S/c1-4-26-17(25)13-10(3)12-15-21-14(22-24(15)8-19-16(12)27-13)9(2)6-23-7-11(18)5-20-23/h5,7-9H,4,6H2,1-3H3/t9-/m1/s1. The molecule has 8 nitrogen and oxygen atoms in total. The summed E-state index contributed by atoms with van der Waals surface area (Å²) in [4.78, 5) is 22.7. The minimum Gasteiger partial charge on any atom is -0.462 e. The van der Waals surface area contributed by atoms with Gasteiger partial charge in [-0.05, 0) is 35.3 Å². The van der Waals surface area contributed by atoms with Crippen LogP contribution in [0, 0.1) is 6.92 Å². The Hall–Kier alpha value is -2.33. The molecule has 0 aliphatic rings. The van der Waals surface area contributed by atoms with Gasteiger partial charge in [0.1, 0.15) is 16.0 Å². The second-order valence-corrected chi connectivity index (χ2v) is 8.14. The lowest BCUT2D eigenvalue weighted by Gasteiger charge is -2.06. The van der Waals surface area contributed by atoms with Crippen LogP contribution >= 0.6 is 27.3 Å². The monoisotopic (exact) mass is 448 g/mol. The van der Waals surface area contributed by atoms with Gasteiger partial charge < -0.3 is 4.74 Å². The number of thiophene rings is 1. The molecule has 0 radical (unpaired) electrons. The lowest BCUT2D eigenvalue weighted by atomic mass is 10.1. The summed E-state index contributed by atoms with van der Waals surface area (Å²) in [5, 5.41) is 9.71. The number of carbonyl (C=O) groups is 1. The Bertz CT molecular complexity index is 1150. The third-order valence-electron chi connectivity index (χ3n) is 4.25. The van der Waals surface area contributed by atoms with Crippen molar-refractivity contribution in [1.29, 1.82) is 0 Å². The van der Waals surface area contributed by atoms with Crippen LogP contribution < -0.4 is 0 Å². The second kappa shape index (κ2) is 7.01. The van der Waals surface area contributed by atoms with Crippen LogP contribution in [0.3, 0.4) is 0 Å². The topological polar surface area (TPSA) is 87.2 Å². The van der Waals surface area contributed by atoms with Crippen molar-refractivity contribution >= 4 is 49.1 Å². The summed E-state index contributed by atoms with van der Waals surface area (Å²) in [7, 11) is 0. The van der Waals surface area contributed by atoms with Crippen LogP contribution in [0.4, 0.5) is 0 Å². The number of ether oxygens (including phenoxy) is 1. The lowest BCUT2D eigenvalue weighted by Crippen LogP contribution is -2.08. The Morgan fingerprint density at radius 2 is 2.26 bits per heavy atom. The number of aromatic nitrogens is 6. The normalized spacial score (nSPS) is 12.7. The van der Waals surface area contributed by atoms with Crippen molar-refractivity contribution in [1.82, 2.24) is 29.4 Å². The number of nitrogens with zero attached hydrogens (tertiary/aromatic N) is 6. The van der Waals surface area contributed by atoms with Gasteiger partial charge in [-0.2, -0.15) is 5.10 Å². The van der Waals surface area contributed by atoms with Crippen molar-refractivity contribution in [2.45, 2.75) is 33.2 Å². The van der Waals surface area contributed by atoms with Crippen LogP contribution in [0.5, 0.6) is 0 Å². The Kier molecular flexibility index (Phi) is 4.68. The molecule has 0 N–H and O–H groups in total. The predicted octanol–water partition coefficient (Wildman–Crippen LogP) is 3.59. The largest absolute Gasteiger partial charge is 0.462 e. The Morgan fingerprint density at radius 3 is 2.96 bits per heavy atom. The van der Waals surface area contributed by atoms with Crippen LogP contribution in [0.15, 0.2) is 23.2 Å². The molecule has 4 rings (SSSR count).